The number of carbonyl (C=O) groups excluding carboxylic acids is 1. The van der Waals surface area contributed by atoms with Crippen LogP contribution in [0.3, 0.4) is 0 Å². The fraction of sp³-hybridized carbons (Fsp3) is 0.192. The third-order valence-corrected chi connectivity index (χ3v) is 6.68. The zero-order chi connectivity index (χ0) is 23.1. The lowest BCUT2D eigenvalue weighted by Gasteiger charge is -2.30. The summed E-state index contributed by atoms with van der Waals surface area (Å²) in [6.45, 7) is 2.04. The number of allylic oxidation sites excluding steroid dienone is 1. The minimum absolute atomic E-state index is 0.0252. The van der Waals surface area contributed by atoms with E-state index in [4.69, 9.17) is 11.6 Å². The largest absolute Gasteiger partial charge is 0.372 e. The Balaban J connectivity index is 1.62. The van der Waals surface area contributed by atoms with Crippen molar-refractivity contribution in [2.75, 3.05) is 10.6 Å². The van der Waals surface area contributed by atoms with Crippen molar-refractivity contribution in [1.29, 1.82) is 0 Å². The van der Waals surface area contributed by atoms with Crippen LogP contribution in [0.15, 0.2) is 78.0 Å². The highest BCUT2D eigenvalue weighted by Crippen LogP contribution is 2.45. The lowest BCUT2D eigenvalue weighted by Crippen LogP contribution is -2.27. The molecule has 0 saturated carbocycles. The molecule has 1 heterocycles. The Hall–Kier alpha value is -3.64. The van der Waals surface area contributed by atoms with Crippen LogP contribution < -0.4 is 10.6 Å². The lowest BCUT2D eigenvalue weighted by atomic mass is 9.78. The topological polar surface area (TPSA) is 84.3 Å². The minimum atomic E-state index is -0.529. The molecule has 1 aliphatic heterocycles. The standard InChI is InChI=1S/C26H22ClN3O3/c1-15-6-8-16(9-7-15)18-12-22-25(24(31)14-18)26(29-21-5-3-2-4-20(21)28-22)17-10-11-19(27)23(13-17)30(32)33/h2-11,13,18,26,28-29H,12,14H2,1H3. The summed E-state index contributed by atoms with van der Waals surface area (Å²) in [5.74, 6) is 0.0899. The maximum Gasteiger partial charge on any atom is 0.288 e. The summed E-state index contributed by atoms with van der Waals surface area (Å²) < 4.78 is 0. The molecule has 0 radical (unpaired) electrons. The molecule has 6 nitrogen and oxygen atoms in total. The summed E-state index contributed by atoms with van der Waals surface area (Å²) in [4.78, 5) is 24.6. The van der Waals surface area contributed by atoms with Crippen molar-refractivity contribution >= 4 is 34.4 Å². The monoisotopic (exact) mass is 459 g/mol. The number of anilines is 2. The number of nitro groups is 1. The predicted molar refractivity (Wildman–Crippen MR) is 130 cm³/mol. The molecule has 2 aliphatic rings. The van der Waals surface area contributed by atoms with Crippen LogP contribution in [0.5, 0.6) is 0 Å². The van der Waals surface area contributed by atoms with Crippen molar-refractivity contribution in [2.45, 2.75) is 31.7 Å². The molecule has 2 atom stereocenters. The van der Waals surface area contributed by atoms with Gasteiger partial charge in [-0.3, -0.25) is 14.9 Å². The number of hydrogen-bond acceptors (Lipinski definition) is 5. The Labute approximate surface area is 196 Å². The third-order valence-electron chi connectivity index (χ3n) is 6.36. The fourth-order valence-corrected chi connectivity index (χ4v) is 4.85. The molecular weight excluding hydrogens is 438 g/mol. The fourth-order valence-electron chi connectivity index (χ4n) is 4.67. The van der Waals surface area contributed by atoms with Gasteiger partial charge in [-0.2, -0.15) is 0 Å². The van der Waals surface area contributed by atoms with Gasteiger partial charge in [-0.1, -0.05) is 59.6 Å². The lowest BCUT2D eigenvalue weighted by molar-refractivity contribution is -0.384. The number of aryl methyl sites for hydroxylation is 1. The number of benzene rings is 3. The van der Waals surface area contributed by atoms with E-state index in [1.165, 1.54) is 17.7 Å². The molecule has 0 bridgehead atoms. The highest BCUT2D eigenvalue weighted by Gasteiger charge is 2.36. The normalized spacial score (nSPS) is 19.6. The van der Waals surface area contributed by atoms with Gasteiger partial charge < -0.3 is 10.6 Å². The van der Waals surface area contributed by atoms with E-state index in [1.807, 2.05) is 31.2 Å². The zero-order valence-electron chi connectivity index (χ0n) is 18.0. The first-order valence-corrected chi connectivity index (χ1v) is 11.2. The molecule has 2 N–H and O–H groups in total. The van der Waals surface area contributed by atoms with Crippen LogP contribution in [-0.4, -0.2) is 10.7 Å². The van der Waals surface area contributed by atoms with Gasteiger partial charge in [0.2, 0.25) is 0 Å². The van der Waals surface area contributed by atoms with E-state index in [9.17, 15) is 14.9 Å². The molecule has 1 aliphatic carbocycles. The van der Waals surface area contributed by atoms with Gasteiger partial charge in [0, 0.05) is 23.8 Å². The second-order valence-electron chi connectivity index (χ2n) is 8.55. The number of hydrogen-bond donors (Lipinski definition) is 2. The number of fused-ring (bicyclic) bond motifs is 1. The van der Waals surface area contributed by atoms with Crippen molar-refractivity contribution in [3.63, 3.8) is 0 Å². The molecule has 0 spiro atoms. The number of nitro benzene ring substituents is 1. The summed E-state index contributed by atoms with van der Waals surface area (Å²) in [5.41, 5.74) is 5.91. The Morgan fingerprint density at radius 3 is 2.39 bits per heavy atom. The average molecular weight is 460 g/mol. The Morgan fingerprint density at radius 2 is 1.67 bits per heavy atom. The summed E-state index contributed by atoms with van der Waals surface area (Å²) in [7, 11) is 0. The second-order valence-corrected chi connectivity index (χ2v) is 8.95. The van der Waals surface area contributed by atoms with Gasteiger partial charge in [0.15, 0.2) is 5.78 Å². The van der Waals surface area contributed by atoms with E-state index in [0.717, 1.165) is 22.6 Å². The Bertz CT molecular complexity index is 1300. The first-order chi connectivity index (χ1) is 15.9. The number of carbonyl (C=O) groups is 1. The Morgan fingerprint density at radius 1 is 0.970 bits per heavy atom. The molecule has 3 aromatic carbocycles. The van der Waals surface area contributed by atoms with Crippen molar-refractivity contribution in [2.24, 2.45) is 0 Å². The highest BCUT2D eigenvalue weighted by atomic mass is 35.5. The van der Waals surface area contributed by atoms with Crippen LogP contribution in [0, 0.1) is 17.0 Å². The molecule has 33 heavy (non-hydrogen) atoms. The predicted octanol–water partition coefficient (Wildman–Crippen LogP) is 6.54. The first-order valence-electron chi connectivity index (χ1n) is 10.8. The SMILES string of the molecule is Cc1ccc(C2CC(=O)C3=C(C2)Nc2ccccc2NC3c2ccc(Cl)c([N+](=O)[O-])c2)cc1. The van der Waals surface area contributed by atoms with Crippen molar-refractivity contribution < 1.29 is 9.72 Å². The molecule has 0 saturated heterocycles. The number of para-hydroxylation sites is 2. The van der Waals surface area contributed by atoms with Gasteiger partial charge >= 0.3 is 0 Å². The van der Waals surface area contributed by atoms with Crippen LogP contribution in [0.4, 0.5) is 17.1 Å². The average Bonchev–Trinajstić information content (AvgIpc) is 2.96. The molecule has 3 aromatic rings. The maximum atomic E-state index is 13.6. The number of rotatable bonds is 3. The smallest absolute Gasteiger partial charge is 0.288 e. The van der Waals surface area contributed by atoms with E-state index in [2.05, 4.69) is 34.9 Å². The number of halogens is 1. The third kappa shape index (κ3) is 3.98. The van der Waals surface area contributed by atoms with Crippen LogP contribution in [0.2, 0.25) is 5.02 Å². The number of nitrogens with one attached hydrogen (secondary N) is 2. The van der Waals surface area contributed by atoms with Crippen LogP contribution in [0.1, 0.15) is 41.5 Å². The Kier molecular flexibility index (Phi) is 5.38. The van der Waals surface area contributed by atoms with E-state index >= 15 is 0 Å². The minimum Gasteiger partial charge on any atom is -0.372 e. The van der Waals surface area contributed by atoms with E-state index in [-0.39, 0.29) is 22.4 Å². The number of nitrogens with zero attached hydrogens (tertiary/aromatic N) is 1. The van der Waals surface area contributed by atoms with Crippen LogP contribution in [0.25, 0.3) is 0 Å². The van der Waals surface area contributed by atoms with Gasteiger partial charge in [-0.05, 0) is 48.6 Å². The van der Waals surface area contributed by atoms with E-state index in [1.54, 1.807) is 6.07 Å². The second kappa shape index (κ2) is 8.37. The molecule has 2 unspecified atom stereocenters. The molecule has 7 heteroatoms. The van der Waals surface area contributed by atoms with E-state index in [0.29, 0.717) is 24.0 Å². The summed E-state index contributed by atoms with van der Waals surface area (Å²) >= 11 is 6.05. The summed E-state index contributed by atoms with van der Waals surface area (Å²) in [5, 5.41) is 18.5. The van der Waals surface area contributed by atoms with Crippen LogP contribution >= 0.6 is 11.6 Å². The molecule has 166 valence electrons. The van der Waals surface area contributed by atoms with Gasteiger partial charge in [0.25, 0.3) is 5.69 Å². The molecule has 0 amide bonds. The number of Topliss-reactive ketones (excluding diaryl/α,β-unsaturated/α-hetero) is 1. The van der Waals surface area contributed by atoms with Gasteiger partial charge in [0.05, 0.1) is 22.3 Å². The van der Waals surface area contributed by atoms with Gasteiger partial charge in [-0.15, -0.1) is 0 Å². The molecule has 0 aromatic heterocycles. The molecular formula is C26H22ClN3O3. The van der Waals surface area contributed by atoms with Crippen molar-refractivity contribution in [3.8, 4) is 0 Å². The van der Waals surface area contributed by atoms with Gasteiger partial charge in [-0.25, -0.2) is 0 Å². The summed E-state index contributed by atoms with van der Waals surface area (Å²) in [6.07, 6.45) is 1.06. The molecule has 5 rings (SSSR count). The van der Waals surface area contributed by atoms with Crippen molar-refractivity contribution in [1.82, 2.24) is 0 Å². The maximum absolute atomic E-state index is 13.6. The molecule has 0 fully saturated rings. The van der Waals surface area contributed by atoms with Crippen LogP contribution in [-0.2, 0) is 4.79 Å². The number of ketones is 1. The zero-order valence-corrected chi connectivity index (χ0v) is 18.7. The highest BCUT2D eigenvalue weighted by molar-refractivity contribution is 6.32. The first kappa shape index (κ1) is 21.2. The quantitative estimate of drug-likeness (QED) is 0.343. The van der Waals surface area contributed by atoms with Crippen molar-refractivity contribution in [3.05, 3.63) is 110 Å². The summed E-state index contributed by atoms with van der Waals surface area (Å²) in [6, 6.07) is 20.2. The van der Waals surface area contributed by atoms with E-state index < -0.39 is 11.0 Å². The van der Waals surface area contributed by atoms with Gasteiger partial charge in [0.1, 0.15) is 5.02 Å².